The third-order valence-corrected chi connectivity index (χ3v) is 10.1. The molecular weight excluding hydrogens is 645 g/mol. The van der Waals surface area contributed by atoms with Gasteiger partial charge in [-0.15, -0.1) is 11.6 Å². The number of halogens is 4. The van der Waals surface area contributed by atoms with Gasteiger partial charge in [0.25, 0.3) is 0 Å². The average molecular weight is 687 g/mol. The summed E-state index contributed by atoms with van der Waals surface area (Å²) in [6.45, 7) is -0.313. The van der Waals surface area contributed by atoms with Crippen LogP contribution < -0.4 is 0 Å². The van der Waals surface area contributed by atoms with Gasteiger partial charge in [0.15, 0.2) is 24.8 Å². The molecule has 0 saturated heterocycles. The number of benzene rings is 3. The standard InChI is InChI=1S/C18H14FS.C16H29ClF2O5S/c19-15-11-13-18(14-12-15)20(16-7-3-1-4-8-16)17-9-5-2-6-10-17;17-13-11-9-7-5-3-1-2-4-6-8-10-12-14-24-15(20)16(18,19)25(21,22)23/h1-14H;1-14H2,(H,21,22,23)/q+1;/p-1. The maximum Gasteiger partial charge on any atom is 0.428 e. The number of unbranched alkanes of at least 4 members (excludes halogenated alkanes) is 11. The number of alkyl halides is 3. The smallest absolute Gasteiger partial charge is 0.428 e. The normalized spacial score (nSPS) is 11.6. The van der Waals surface area contributed by atoms with Crippen LogP contribution in [0.25, 0.3) is 0 Å². The predicted molar refractivity (Wildman–Crippen MR) is 173 cm³/mol. The molecule has 3 rings (SSSR count). The van der Waals surface area contributed by atoms with Crippen molar-refractivity contribution in [2.75, 3.05) is 12.5 Å². The van der Waals surface area contributed by atoms with Crippen LogP contribution >= 0.6 is 11.6 Å². The van der Waals surface area contributed by atoms with Crippen LogP contribution in [0.4, 0.5) is 13.2 Å². The second-order valence-corrected chi connectivity index (χ2v) is 14.3. The Morgan fingerprint density at radius 3 is 1.44 bits per heavy atom. The minimum absolute atomic E-state index is 0.190. The third-order valence-electron chi connectivity index (χ3n) is 6.82. The fourth-order valence-corrected chi connectivity index (χ4v) is 6.94. The number of hydrogen-bond acceptors (Lipinski definition) is 5. The summed E-state index contributed by atoms with van der Waals surface area (Å²) in [6, 6.07) is 27.5. The largest absolute Gasteiger partial charge is 0.743 e. The highest BCUT2D eigenvalue weighted by Gasteiger charge is 2.48. The van der Waals surface area contributed by atoms with Crippen molar-refractivity contribution in [3.8, 4) is 0 Å². The first-order chi connectivity index (χ1) is 21.6. The van der Waals surface area contributed by atoms with Crippen molar-refractivity contribution in [1.29, 1.82) is 0 Å². The summed E-state index contributed by atoms with van der Waals surface area (Å²) in [5.41, 5.74) is 0. The highest BCUT2D eigenvalue weighted by atomic mass is 35.5. The van der Waals surface area contributed by atoms with E-state index in [1.807, 2.05) is 48.5 Å². The Balaban J connectivity index is 0.000000319. The first-order valence-electron chi connectivity index (χ1n) is 15.2. The van der Waals surface area contributed by atoms with Gasteiger partial charge in [0, 0.05) is 5.88 Å². The minimum Gasteiger partial charge on any atom is -0.743 e. The minimum atomic E-state index is -6.03. The van der Waals surface area contributed by atoms with E-state index >= 15 is 0 Å². The fourth-order valence-electron chi connectivity index (χ4n) is 4.41. The molecule has 0 aliphatic heterocycles. The zero-order chi connectivity index (χ0) is 33.0. The van der Waals surface area contributed by atoms with Gasteiger partial charge in [-0.2, -0.15) is 8.78 Å². The van der Waals surface area contributed by atoms with E-state index in [4.69, 9.17) is 11.6 Å². The molecule has 0 atom stereocenters. The van der Waals surface area contributed by atoms with Crippen molar-refractivity contribution in [3.05, 3.63) is 90.7 Å². The maximum absolute atomic E-state index is 13.2. The second kappa shape index (κ2) is 21.3. The van der Waals surface area contributed by atoms with Gasteiger partial charge in [-0.1, -0.05) is 101 Å². The Morgan fingerprint density at radius 1 is 0.667 bits per heavy atom. The Hall–Kier alpha value is -2.53. The van der Waals surface area contributed by atoms with Crippen LogP contribution in [0.2, 0.25) is 0 Å². The number of hydrogen-bond donors (Lipinski definition) is 0. The van der Waals surface area contributed by atoms with E-state index in [1.54, 1.807) is 0 Å². The third kappa shape index (κ3) is 14.6. The van der Waals surface area contributed by atoms with E-state index in [1.165, 1.54) is 54.0 Å². The van der Waals surface area contributed by atoms with Crippen LogP contribution in [0.1, 0.15) is 77.0 Å². The molecule has 248 valence electrons. The average Bonchev–Trinajstić information content (AvgIpc) is 3.03. The van der Waals surface area contributed by atoms with Crippen molar-refractivity contribution in [2.45, 2.75) is 97.0 Å². The topological polar surface area (TPSA) is 83.5 Å². The Kier molecular flexibility index (Phi) is 18.3. The van der Waals surface area contributed by atoms with E-state index in [0.717, 1.165) is 42.9 Å². The lowest BCUT2D eigenvalue weighted by Gasteiger charge is -2.17. The van der Waals surface area contributed by atoms with Crippen LogP contribution in [0.15, 0.2) is 99.6 Å². The molecule has 0 N–H and O–H groups in total. The van der Waals surface area contributed by atoms with Gasteiger partial charge < -0.3 is 9.29 Å². The molecule has 0 spiro atoms. The number of rotatable bonds is 19. The van der Waals surface area contributed by atoms with E-state index in [0.29, 0.717) is 12.8 Å². The molecule has 0 amide bonds. The summed E-state index contributed by atoms with van der Waals surface area (Å²) in [5, 5.41) is -5.02. The summed E-state index contributed by atoms with van der Waals surface area (Å²) in [7, 11) is -6.22. The number of ether oxygens (including phenoxy) is 1. The quantitative estimate of drug-likeness (QED) is 0.0412. The number of carbonyl (C=O) groups is 1. The van der Waals surface area contributed by atoms with Crippen LogP contribution in [0, 0.1) is 5.82 Å². The van der Waals surface area contributed by atoms with E-state index in [9.17, 15) is 30.9 Å². The molecule has 0 fully saturated rings. The summed E-state index contributed by atoms with van der Waals surface area (Å²) >= 11 is 5.60. The first kappa shape index (κ1) is 38.7. The summed E-state index contributed by atoms with van der Waals surface area (Å²) in [4.78, 5) is 14.5. The number of carbonyl (C=O) groups excluding carboxylic acids is 1. The maximum atomic E-state index is 13.2. The highest BCUT2D eigenvalue weighted by molar-refractivity contribution is 7.97. The van der Waals surface area contributed by atoms with Crippen molar-refractivity contribution < 1.29 is 35.7 Å². The lowest BCUT2D eigenvalue weighted by atomic mass is 10.1. The molecule has 45 heavy (non-hydrogen) atoms. The highest BCUT2D eigenvalue weighted by Crippen LogP contribution is 2.31. The SMILES string of the molecule is Fc1ccc([S+](c2ccccc2)c2ccccc2)cc1.O=C(OCCCCCCCCCCCCCCCl)C(F)(F)S(=O)(=O)[O-]. The monoisotopic (exact) mass is 686 g/mol. The molecule has 0 aliphatic rings. The zero-order valence-corrected chi connectivity index (χ0v) is 27.7. The van der Waals surface area contributed by atoms with E-state index in [2.05, 4.69) is 29.0 Å². The number of esters is 1. The molecule has 0 unspecified atom stereocenters. The van der Waals surface area contributed by atoms with Gasteiger partial charge in [0.2, 0.25) is 0 Å². The van der Waals surface area contributed by atoms with Gasteiger partial charge in [-0.3, -0.25) is 0 Å². The van der Waals surface area contributed by atoms with Crippen LogP contribution in [0.3, 0.4) is 0 Å². The molecule has 0 aliphatic carbocycles. The van der Waals surface area contributed by atoms with Crippen LogP contribution in [-0.2, 0) is 30.5 Å². The van der Waals surface area contributed by atoms with Gasteiger partial charge in [-0.25, -0.2) is 17.6 Å². The summed E-state index contributed by atoms with van der Waals surface area (Å²) in [6.07, 6.45) is 12.4. The lowest BCUT2D eigenvalue weighted by Crippen LogP contribution is -2.39. The van der Waals surface area contributed by atoms with Gasteiger partial charge >= 0.3 is 11.2 Å². The molecule has 0 saturated carbocycles. The van der Waals surface area contributed by atoms with Crippen LogP contribution in [0.5, 0.6) is 0 Å². The first-order valence-corrected chi connectivity index (χ1v) is 18.4. The van der Waals surface area contributed by atoms with E-state index in [-0.39, 0.29) is 23.3 Å². The van der Waals surface area contributed by atoms with Crippen molar-refractivity contribution in [3.63, 3.8) is 0 Å². The lowest BCUT2D eigenvalue weighted by molar-refractivity contribution is -0.161. The molecule has 0 radical (unpaired) electrons. The molecule has 0 aromatic heterocycles. The van der Waals surface area contributed by atoms with Crippen molar-refractivity contribution in [1.82, 2.24) is 0 Å². The molecule has 0 bridgehead atoms. The fraction of sp³-hybridized carbons (Fsp3) is 0.441. The van der Waals surface area contributed by atoms with Gasteiger partial charge in [0.05, 0.1) is 17.5 Å². The van der Waals surface area contributed by atoms with Gasteiger partial charge in [0.1, 0.15) is 5.82 Å². The Morgan fingerprint density at radius 2 is 1.04 bits per heavy atom. The predicted octanol–water partition coefficient (Wildman–Crippen LogP) is 9.51. The summed E-state index contributed by atoms with van der Waals surface area (Å²) in [5.74, 6) is -1.76. The van der Waals surface area contributed by atoms with Crippen LogP contribution in [-0.4, -0.2) is 36.7 Å². The summed E-state index contributed by atoms with van der Waals surface area (Å²) < 4.78 is 73.6. The molecule has 0 heterocycles. The Labute approximate surface area is 273 Å². The molecular formula is C34H42ClF3O5S2. The molecule has 3 aromatic carbocycles. The second-order valence-electron chi connectivity index (χ2n) is 10.4. The van der Waals surface area contributed by atoms with Gasteiger partial charge in [-0.05, 0) is 61.4 Å². The van der Waals surface area contributed by atoms with Crippen molar-refractivity contribution in [2.24, 2.45) is 0 Å². The van der Waals surface area contributed by atoms with E-state index < -0.39 is 21.3 Å². The van der Waals surface area contributed by atoms with Crippen molar-refractivity contribution >= 4 is 38.6 Å². The Bertz CT molecular complexity index is 1290. The molecule has 11 heteroatoms. The molecule has 3 aromatic rings. The molecule has 5 nitrogen and oxygen atoms in total. The zero-order valence-electron chi connectivity index (χ0n) is 25.4.